The van der Waals surface area contributed by atoms with Crippen molar-refractivity contribution in [3.8, 4) is 11.5 Å². The molecule has 0 aliphatic rings. The number of benzene rings is 3. The molecule has 3 aromatic rings. The third-order valence-corrected chi connectivity index (χ3v) is 8.96. The Bertz CT molecular complexity index is 1190. The van der Waals surface area contributed by atoms with Gasteiger partial charge >= 0.3 is 11.9 Å². The molecule has 3 aromatic carbocycles. The number of hydrogen-bond donors (Lipinski definition) is 0. The van der Waals surface area contributed by atoms with Crippen molar-refractivity contribution < 1.29 is 19.1 Å². The summed E-state index contributed by atoms with van der Waals surface area (Å²) in [5, 5.41) is -1.31. The van der Waals surface area contributed by atoms with Crippen LogP contribution in [-0.4, -0.2) is 11.9 Å². The van der Waals surface area contributed by atoms with Crippen molar-refractivity contribution in [1.82, 2.24) is 0 Å². The Balaban J connectivity index is 2.02. The highest BCUT2D eigenvalue weighted by Gasteiger charge is 2.31. The Morgan fingerprint density at radius 2 is 0.765 bits per heavy atom. The van der Waals surface area contributed by atoms with Gasteiger partial charge in [-0.05, 0) is 88.0 Å². The standard InChI is InChI=1S/C20H4Br6Cl4O4/c21-5-1-7(23)17(8(24)2-5)33-19(31)11-13(27)15(29)12(16(30)14(11)28)20(32)34-18-9(25)3-6(22)4-10(18)26/h1-4H. The highest BCUT2D eigenvalue weighted by molar-refractivity contribution is 9.12. The summed E-state index contributed by atoms with van der Waals surface area (Å²) in [6.07, 6.45) is 0. The van der Waals surface area contributed by atoms with Gasteiger partial charge in [-0.25, -0.2) is 9.59 Å². The highest BCUT2D eigenvalue weighted by Crippen LogP contribution is 2.44. The van der Waals surface area contributed by atoms with E-state index in [4.69, 9.17) is 55.9 Å². The second-order valence-electron chi connectivity index (χ2n) is 6.18. The summed E-state index contributed by atoms with van der Waals surface area (Å²) in [5.41, 5.74) is -0.634. The molecule has 14 heteroatoms. The molecule has 0 aromatic heterocycles. The molecule has 0 aliphatic heterocycles. The normalized spacial score (nSPS) is 10.9. The zero-order chi connectivity index (χ0) is 25.5. The van der Waals surface area contributed by atoms with Gasteiger partial charge < -0.3 is 9.47 Å². The molecule has 0 amide bonds. The van der Waals surface area contributed by atoms with Gasteiger partial charge in [0, 0.05) is 8.95 Å². The van der Waals surface area contributed by atoms with E-state index in [0.29, 0.717) is 17.9 Å². The molecule has 4 nitrogen and oxygen atoms in total. The van der Waals surface area contributed by atoms with Crippen molar-refractivity contribution in [1.29, 1.82) is 0 Å². The predicted molar refractivity (Wildman–Crippen MR) is 155 cm³/mol. The Kier molecular flexibility index (Phi) is 10.3. The molecule has 3 rings (SSSR count). The van der Waals surface area contributed by atoms with Crippen molar-refractivity contribution >= 4 is 154 Å². The lowest BCUT2D eigenvalue weighted by molar-refractivity contribution is 0.0718. The van der Waals surface area contributed by atoms with Crippen molar-refractivity contribution in [3.63, 3.8) is 0 Å². The van der Waals surface area contributed by atoms with Crippen LogP contribution >= 0.6 is 142 Å². The SMILES string of the molecule is O=C(Oc1c(Br)cc(Br)cc1Br)c1c(Cl)c(Cl)c(C(=O)Oc2c(Br)cc(Br)cc2Br)c(Cl)c1Cl. The quantitative estimate of drug-likeness (QED) is 0.149. The van der Waals surface area contributed by atoms with Gasteiger partial charge in [-0.15, -0.1) is 0 Å². The van der Waals surface area contributed by atoms with Gasteiger partial charge in [-0.1, -0.05) is 78.3 Å². The van der Waals surface area contributed by atoms with Gasteiger partial charge in [0.15, 0.2) is 11.5 Å². The van der Waals surface area contributed by atoms with E-state index in [-0.39, 0.29) is 42.7 Å². The van der Waals surface area contributed by atoms with Crippen molar-refractivity contribution in [2.24, 2.45) is 0 Å². The van der Waals surface area contributed by atoms with Crippen LogP contribution in [0.4, 0.5) is 0 Å². The van der Waals surface area contributed by atoms with Crippen LogP contribution in [0.5, 0.6) is 11.5 Å². The lowest BCUT2D eigenvalue weighted by Gasteiger charge is -2.16. The van der Waals surface area contributed by atoms with E-state index < -0.39 is 11.9 Å². The topological polar surface area (TPSA) is 52.6 Å². The Morgan fingerprint density at radius 1 is 0.529 bits per heavy atom. The molecule has 0 unspecified atom stereocenters. The maximum absolute atomic E-state index is 12.9. The first kappa shape index (κ1) is 29.2. The van der Waals surface area contributed by atoms with Gasteiger partial charge in [0.2, 0.25) is 0 Å². The third kappa shape index (κ3) is 6.19. The molecule has 0 spiro atoms. The summed E-state index contributed by atoms with van der Waals surface area (Å²) >= 11 is 45.3. The minimum absolute atomic E-state index is 0.168. The molecule has 0 fully saturated rings. The molecule has 0 saturated carbocycles. The van der Waals surface area contributed by atoms with E-state index in [1.165, 1.54) is 0 Å². The van der Waals surface area contributed by atoms with Crippen LogP contribution in [-0.2, 0) is 0 Å². The number of hydrogen-bond acceptors (Lipinski definition) is 4. The Labute approximate surface area is 263 Å². The molecule has 34 heavy (non-hydrogen) atoms. The van der Waals surface area contributed by atoms with Crippen LogP contribution in [0.2, 0.25) is 20.1 Å². The molecule has 0 aliphatic carbocycles. The van der Waals surface area contributed by atoms with Crippen LogP contribution in [0.15, 0.2) is 51.1 Å². The number of ether oxygens (including phenoxy) is 2. The monoisotopic (exact) mass is 921 g/mol. The number of halogens is 10. The Morgan fingerprint density at radius 3 is 1.00 bits per heavy atom. The van der Waals surface area contributed by atoms with Gasteiger partial charge in [0.1, 0.15) is 11.1 Å². The van der Waals surface area contributed by atoms with Crippen molar-refractivity contribution in [2.45, 2.75) is 0 Å². The molecule has 0 radical (unpaired) electrons. The largest absolute Gasteiger partial charge is 0.420 e. The van der Waals surface area contributed by atoms with Crippen molar-refractivity contribution in [2.75, 3.05) is 0 Å². The number of carbonyl (C=O) groups is 2. The number of esters is 2. The molecular formula is C20H4Br6Cl4O4. The minimum Gasteiger partial charge on any atom is -0.420 e. The van der Waals surface area contributed by atoms with E-state index in [1.54, 1.807) is 24.3 Å². The Hall–Kier alpha value is 0.640. The third-order valence-electron chi connectivity index (χ3n) is 3.99. The van der Waals surface area contributed by atoms with Gasteiger partial charge in [-0.3, -0.25) is 0 Å². The van der Waals surface area contributed by atoms with E-state index in [1.807, 2.05) is 0 Å². The smallest absolute Gasteiger partial charge is 0.346 e. The van der Waals surface area contributed by atoms with Crippen LogP contribution in [0.3, 0.4) is 0 Å². The van der Waals surface area contributed by atoms with E-state index in [9.17, 15) is 9.59 Å². The molecule has 0 N–H and O–H groups in total. The summed E-state index contributed by atoms with van der Waals surface area (Å²) in [6, 6.07) is 6.70. The predicted octanol–water partition coefficient (Wildman–Crippen LogP) is 11.3. The average molecular weight is 929 g/mol. The van der Waals surface area contributed by atoms with Crippen molar-refractivity contribution in [3.05, 3.63) is 82.3 Å². The fourth-order valence-electron chi connectivity index (χ4n) is 2.53. The van der Waals surface area contributed by atoms with Gasteiger partial charge in [-0.2, -0.15) is 0 Å². The van der Waals surface area contributed by atoms with E-state index in [0.717, 1.165) is 8.95 Å². The first-order valence-electron chi connectivity index (χ1n) is 8.42. The lowest BCUT2D eigenvalue weighted by atomic mass is 10.1. The first-order valence-corrected chi connectivity index (χ1v) is 14.7. The van der Waals surface area contributed by atoms with Gasteiger partial charge in [0.25, 0.3) is 0 Å². The number of rotatable bonds is 4. The molecular weight excluding hydrogens is 925 g/mol. The molecule has 0 atom stereocenters. The zero-order valence-corrected chi connectivity index (χ0v) is 28.3. The summed E-state index contributed by atoms with van der Waals surface area (Å²) in [7, 11) is 0. The molecule has 178 valence electrons. The molecule has 0 saturated heterocycles. The average Bonchev–Trinajstić information content (AvgIpc) is 2.72. The van der Waals surface area contributed by atoms with Crippen LogP contribution in [0, 0.1) is 0 Å². The molecule has 0 heterocycles. The minimum atomic E-state index is -0.944. The van der Waals surface area contributed by atoms with Gasteiger partial charge in [0.05, 0.1) is 38.0 Å². The fourth-order valence-corrected chi connectivity index (χ4v) is 8.53. The van der Waals surface area contributed by atoms with Crippen LogP contribution < -0.4 is 9.47 Å². The second-order valence-corrected chi connectivity index (χ2v) is 12.9. The summed E-state index contributed by atoms with van der Waals surface area (Å²) in [6.45, 7) is 0. The first-order chi connectivity index (χ1) is 15.8. The maximum atomic E-state index is 12.9. The highest BCUT2D eigenvalue weighted by atomic mass is 79.9. The lowest BCUT2D eigenvalue weighted by Crippen LogP contribution is -2.15. The summed E-state index contributed by atoms with van der Waals surface area (Å²) < 4.78 is 14.3. The molecule has 0 bridgehead atoms. The maximum Gasteiger partial charge on any atom is 0.346 e. The summed E-state index contributed by atoms with van der Waals surface area (Å²) in [5.74, 6) is -1.55. The summed E-state index contributed by atoms with van der Waals surface area (Å²) in [4.78, 5) is 25.9. The van der Waals surface area contributed by atoms with Crippen LogP contribution in [0.25, 0.3) is 0 Å². The zero-order valence-electron chi connectivity index (χ0n) is 15.7. The van der Waals surface area contributed by atoms with Crippen LogP contribution in [0.1, 0.15) is 20.7 Å². The van der Waals surface area contributed by atoms with E-state index >= 15 is 0 Å². The second kappa shape index (κ2) is 12.0. The fraction of sp³-hybridized carbons (Fsp3) is 0. The number of carbonyl (C=O) groups excluding carboxylic acids is 2. The van der Waals surface area contributed by atoms with E-state index in [2.05, 4.69) is 95.6 Å².